The third-order valence-corrected chi connectivity index (χ3v) is 3.73. The molecule has 5 nitrogen and oxygen atoms in total. The number of ether oxygens (including phenoxy) is 1. The van der Waals surface area contributed by atoms with E-state index in [1.165, 1.54) is 7.11 Å². The first-order valence-corrected chi connectivity index (χ1v) is 7.03. The second-order valence-electron chi connectivity index (χ2n) is 4.57. The molecule has 1 aromatic carbocycles. The van der Waals surface area contributed by atoms with Crippen LogP contribution in [0.3, 0.4) is 0 Å². The van der Waals surface area contributed by atoms with Crippen molar-refractivity contribution < 1.29 is 9.53 Å². The number of methoxy groups -OCH3 is 1. The molecule has 0 bridgehead atoms. The van der Waals surface area contributed by atoms with E-state index in [-0.39, 0.29) is 24.8 Å². The summed E-state index contributed by atoms with van der Waals surface area (Å²) in [5.74, 6) is -0.460. The van der Waals surface area contributed by atoms with Gasteiger partial charge in [0, 0.05) is 28.2 Å². The van der Waals surface area contributed by atoms with Crippen LogP contribution in [-0.4, -0.2) is 28.7 Å². The van der Waals surface area contributed by atoms with Crippen LogP contribution in [0.2, 0.25) is 10.0 Å². The quantitative estimate of drug-likeness (QED) is 0.782. The van der Waals surface area contributed by atoms with Gasteiger partial charge in [-0.15, -0.1) is 24.8 Å². The number of hydrogen-bond acceptors (Lipinski definition) is 4. The van der Waals surface area contributed by atoms with Gasteiger partial charge in [0.2, 0.25) is 0 Å². The number of halogens is 4. The number of benzene rings is 1. The fourth-order valence-corrected chi connectivity index (χ4v) is 2.44. The van der Waals surface area contributed by atoms with Crippen LogP contribution in [0, 0.1) is 0 Å². The van der Waals surface area contributed by atoms with Gasteiger partial charge >= 0.3 is 5.97 Å². The Balaban J connectivity index is 0.00000242. The number of nitrogens with zero attached hydrogens (tertiary/aromatic N) is 2. The number of carbonyl (C=O) groups is 1. The average Bonchev–Trinajstić information content (AvgIpc) is 2.89. The minimum Gasteiger partial charge on any atom is -0.468 e. The summed E-state index contributed by atoms with van der Waals surface area (Å²) in [6.45, 7) is 0.499. The van der Waals surface area contributed by atoms with Crippen LogP contribution in [-0.2, 0) is 22.5 Å². The Labute approximate surface area is 156 Å². The third-order valence-electron chi connectivity index (χ3n) is 3.02. The van der Waals surface area contributed by atoms with Crippen molar-refractivity contribution in [3.63, 3.8) is 0 Å². The molecule has 9 heteroatoms. The highest BCUT2D eigenvalue weighted by Crippen LogP contribution is 2.25. The average molecular weight is 401 g/mol. The zero-order chi connectivity index (χ0) is 15.4. The molecular weight excluding hydrogens is 384 g/mol. The van der Waals surface area contributed by atoms with Crippen LogP contribution in [0.5, 0.6) is 0 Å². The molecule has 23 heavy (non-hydrogen) atoms. The predicted molar refractivity (Wildman–Crippen MR) is 96.0 cm³/mol. The van der Waals surface area contributed by atoms with Crippen molar-refractivity contribution in [3.8, 4) is 0 Å². The van der Waals surface area contributed by atoms with Gasteiger partial charge in [-0.25, -0.2) is 4.98 Å². The standard InChI is InChI=1S/C14H15Cl2N3O2.2ClH/c1-21-14(20)13(17)5-9-6-19(8-18-9)7-10-11(15)3-2-4-12(10)16;;/h2-4,6,8,13H,5,7,17H2,1H3;2*1H. The van der Waals surface area contributed by atoms with E-state index in [4.69, 9.17) is 28.9 Å². The molecule has 0 radical (unpaired) electrons. The van der Waals surface area contributed by atoms with Crippen LogP contribution in [0.25, 0.3) is 0 Å². The van der Waals surface area contributed by atoms with Crippen molar-refractivity contribution in [3.05, 3.63) is 52.0 Å². The molecule has 1 aromatic heterocycles. The highest BCUT2D eigenvalue weighted by Gasteiger charge is 2.16. The first-order chi connectivity index (χ1) is 10.0. The van der Waals surface area contributed by atoms with Crippen LogP contribution >= 0.6 is 48.0 Å². The topological polar surface area (TPSA) is 70.1 Å². The molecule has 1 unspecified atom stereocenters. The normalized spacial score (nSPS) is 11.1. The molecule has 0 saturated heterocycles. The third kappa shape index (κ3) is 5.86. The summed E-state index contributed by atoms with van der Waals surface area (Å²) < 4.78 is 6.42. The highest BCUT2D eigenvalue weighted by molar-refractivity contribution is 6.35. The van der Waals surface area contributed by atoms with Crippen LogP contribution in [0.4, 0.5) is 0 Å². The SMILES string of the molecule is COC(=O)C(N)Cc1cn(Cc2c(Cl)cccc2Cl)cn1.Cl.Cl. The van der Waals surface area contributed by atoms with E-state index in [9.17, 15) is 4.79 Å². The van der Waals surface area contributed by atoms with Crippen LogP contribution in [0.15, 0.2) is 30.7 Å². The van der Waals surface area contributed by atoms with Gasteiger partial charge in [0.25, 0.3) is 0 Å². The van der Waals surface area contributed by atoms with Gasteiger partial charge in [-0.05, 0) is 12.1 Å². The number of nitrogens with two attached hydrogens (primary N) is 1. The van der Waals surface area contributed by atoms with Gasteiger partial charge < -0.3 is 15.0 Å². The predicted octanol–water partition coefficient (Wildman–Crippen LogP) is 3.12. The first kappa shape index (κ1) is 22.0. The lowest BCUT2D eigenvalue weighted by atomic mass is 10.2. The fourth-order valence-electron chi connectivity index (χ4n) is 1.92. The number of hydrogen-bond donors (Lipinski definition) is 1. The summed E-state index contributed by atoms with van der Waals surface area (Å²) in [6.07, 6.45) is 3.78. The summed E-state index contributed by atoms with van der Waals surface area (Å²) >= 11 is 12.3. The number of carbonyl (C=O) groups excluding carboxylic acids is 1. The van der Waals surface area contributed by atoms with Gasteiger partial charge in [-0.1, -0.05) is 29.3 Å². The lowest BCUT2D eigenvalue weighted by molar-refractivity contribution is -0.142. The largest absolute Gasteiger partial charge is 0.468 e. The van der Waals surface area contributed by atoms with Gasteiger partial charge in [-0.3, -0.25) is 4.79 Å². The molecule has 0 aliphatic heterocycles. The van der Waals surface area contributed by atoms with Gasteiger partial charge in [-0.2, -0.15) is 0 Å². The summed E-state index contributed by atoms with van der Waals surface area (Å²) in [5.41, 5.74) is 7.23. The Morgan fingerprint density at radius 2 is 1.96 bits per heavy atom. The molecule has 128 valence electrons. The van der Waals surface area contributed by atoms with E-state index < -0.39 is 12.0 Å². The van der Waals surface area contributed by atoms with Crippen molar-refractivity contribution >= 4 is 54.0 Å². The minimum atomic E-state index is -0.720. The lowest BCUT2D eigenvalue weighted by Crippen LogP contribution is -2.33. The van der Waals surface area contributed by atoms with E-state index in [1.807, 2.05) is 10.8 Å². The zero-order valence-electron chi connectivity index (χ0n) is 12.2. The maximum Gasteiger partial charge on any atom is 0.323 e. The summed E-state index contributed by atoms with van der Waals surface area (Å²) in [5, 5.41) is 1.20. The molecule has 2 N–H and O–H groups in total. The van der Waals surface area contributed by atoms with E-state index in [2.05, 4.69) is 9.72 Å². The fraction of sp³-hybridized carbons (Fsp3) is 0.286. The van der Waals surface area contributed by atoms with Crippen molar-refractivity contribution in [2.24, 2.45) is 5.73 Å². The second kappa shape index (κ2) is 10.0. The Morgan fingerprint density at radius 1 is 1.35 bits per heavy atom. The molecule has 2 rings (SSSR count). The van der Waals surface area contributed by atoms with E-state index in [1.54, 1.807) is 24.5 Å². The van der Waals surface area contributed by atoms with E-state index in [0.717, 1.165) is 5.56 Å². The second-order valence-corrected chi connectivity index (χ2v) is 5.39. The van der Waals surface area contributed by atoms with Gasteiger partial charge in [0.15, 0.2) is 0 Å². The highest BCUT2D eigenvalue weighted by atomic mass is 35.5. The summed E-state index contributed by atoms with van der Waals surface area (Å²) in [7, 11) is 1.31. The molecule has 2 aromatic rings. The molecule has 0 aliphatic carbocycles. The minimum absolute atomic E-state index is 0. The van der Waals surface area contributed by atoms with Crippen LogP contribution < -0.4 is 5.73 Å². The van der Waals surface area contributed by atoms with E-state index in [0.29, 0.717) is 28.7 Å². The molecular formula is C14H17Cl4N3O2. The summed E-state index contributed by atoms with van der Waals surface area (Å²) in [4.78, 5) is 15.5. The Hall–Kier alpha value is -0.980. The smallest absolute Gasteiger partial charge is 0.323 e. The van der Waals surface area contributed by atoms with Crippen molar-refractivity contribution in [2.75, 3.05) is 7.11 Å². The molecule has 0 amide bonds. The van der Waals surface area contributed by atoms with Gasteiger partial charge in [0.1, 0.15) is 6.04 Å². The lowest BCUT2D eigenvalue weighted by Gasteiger charge is -2.08. The number of imidazole rings is 1. The number of esters is 1. The van der Waals surface area contributed by atoms with Gasteiger partial charge in [0.05, 0.1) is 25.7 Å². The number of aromatic nitrogens is 2. The Kier molecular flexibility index (Phi) is 9.58. The zero-order valence-corrected chi connectivity index (χ0v) is 15.4. The molecule has 0 spiro atoms. The first-order valence-electron chi connectivity index (χ1n) is 6.28. The number of rotatable bonds is 5. The van der Waals surface area contributed by atoms with Crippen molar-refractivity contribution in [2.45, 2.75) is 19.0 Å². The molecule has 0 saturated carbocycles. The van der Waals surface area contributed by atoms with Crippen molar-refractivity contribution in [1.29, 1.82) is 0 Å². The molecule has 0 aliphatic rings. The Bertz CT molecular complexity index is 628. The monoisotopic (exact) mass is 399 g/mol. The maximum absolute atomic E-state index is 11.3. The molecule has 1 heterocycles. The van der Waals surface area contributed by atoms with Crippen LogP contribution in [0.1, 0.15) is 11.3 Å². The maximum atomic E-state index is 11.3. The van der Waals surface area contributed by atoms with Crippen molar-refractivity contribution in [1.82, 2.24) is 9.55 Å². The molecule has 1 atom stereocenters. The molecule has 0 fully saturated rings. The summed E-state index contributed by atoms with van der Waals surface area (Å²) in [6, 6.07) is 4.65. The van der Waals surface area contributed by atoms with E-state index >= 15 is 0 Å². The Morgan fingerprint density at radius 3 is 2.52 bits per heavy atom.